The van der Waals surface area contributed by atoms with Crippen LogP contribution in [0.25, 0.3) is 0 Å². The van der Waals surface area contributed by atoms with Crippen molar-refractivity contribution in [1.29, 1.82) is 0 Å². The highest BCUT2D eigenvalue weighted by Crippen LogP contribution is 2.08. The van der Waals surface area contributed by atoms with Crippen molar-refractivity contribution in [2.75, 3.05) is 26.2 Å². The van der Waals surface area contributed by atoms with E-state index in [0.29, 0.717) is 6.42 Å². The molecule has 0 radical (unpaired) electrons. The molecule has 0 aromatic heterocycles. The van der Waals surface area contributed by atoms with E-state index < -0.39 is 90.8 Å². The molecule has 0 rings (SSSR count). The van der Waals surface area contributed by atoms with E-state index >= 15 is 0 Å². The zero-order valence-electron chi connectivity index (χ0n) is 31.7. The van der Waals surface area contributed by atoms with Gasteiger partial charge in [-0.15, -0.1) is 0 Å². The van der Waals surface area contributed by atoms with Crippen LogP contribution in [0.5, 0.6) is 0 Å². The molecular weight excluding hydrogens is 710 g/mol. The molecule has 0 aromatic rings. The average Bonchev–Trinajstić information content (AvgIpc) is 3.06. The van der Waals surface area contributed by atoms with Crippen LogP contribution in [0.2, 0.25) is 0 Å². The summed E-state index contributed by atoms with van der Waals surface area (Å²) in [5.74, 6) is -6.38. The third-order valence-electron chi connectivity index (χ3n) is 7.54. The van der Waals surface area contributed by atoms with E-state index in [1.165, 1.54) is 6.92 Å². The van der Waals surface area contributed by atoms with Gasteiger partial charge in [-0.1, -0.05) is 27.7 Å². The first-order chi connectivity index (χ1) is 25.2. The molecule has 0 heterocycles. The van der Waals surface area contributed by atoms with Crippen LogP contribution in [0.3, 0.4) is 0 Å². The molecule has 22 heteroatoms. The molecule has 6 amide bonds. The van der Waals surface area contributed by atoms with Gasteiger partial charge in [0.05, 0.1) is 12.6 Å². The first-order valence-corrected chi connectivity index (χ1v) is 17.7. The Labute approximate surface area is 315 Å². The van der Waals surface area contributed by atoms with Crippen molar-refractivity contribution in [3.05, 3.63) is 0 Å². The number of aliphatic hydroxyl groups is 1. The van der Waals surface area contributed by atoms with Gasteiger partial charge in [-0.2, -0.15) is 0 Å². The van der Waals surface area contributed by atoms with Crippen LogP contribution in [-0.2, 0) is 33.6 Å². The predicted molar refractivity (Wildman–Crippen MR) is 200 cm³/mol. The molecule has 22 nitrogen and oxygen atoms in total. The molecule has 0 saturated carbocycles. The summed E-state index contributed by atoms with van der Waals surface area (Å²) in [5, 5.41) is 33.3. The largest absolute Gasteiger partial charge is 0.480 e. The maximum atomic E-state index is 13.6. The molecule has 6 atom stereocenters. The molecule has 0 spiro atoms. The maximum Gasteiger partial charge on any atom is 0.322 e. The molecule has 54 heavy (non-hydrogen) atoms. The number of aliphatic carboxylic acids is 1. The lowest BCUT2D eigenvalue weighted by atomic mass is 10.0. The molecule has 0 aliphatic heterocycles. The summed E-state index contributed by atoms with van der Waals surface area (Å²) < 4.78 is 0. The molecule has 308 valence electrons. The Morgan fingerprint density at radius 2 is 1.00 bits per heavy atom. The second-order valence-electron chi connectivity index (χ2n) is 13.5. The number of hydrogen-bond acceptors (Lipinski definition) is 11. The Kier molecular flexibility index (Phi) is 23.2. The van der Waals surface area contributed by atoms with Gasteiger partial charge in [0, 0.05) is 13.1 Å². The second-order valence-corrected chi connectivity index (χ2v) is 13.5. The molecule has 3 unspecified atom stereocenters. The number of carbonyl (C=O) groups is 7. The number of hydrogen-bond donors (Lipinski definition) is 13. The fourth-order valence-electron chi connectivity index (χ4n) is 4.84. The Morgan fingerprint density at radius 3 is 1.44 bits per heavy atom. The summed E-state index contributed by atoms with van der Waals surface area (Å²) in [5.41, 5.74) is 27.6. The third-order valence-corrected chi connectivity index (χ3v) is 7.54. The third kappa shape index (κ3) is 21.3. The minimum Gasteiger partial charge on any atom is -0.480 e. The van der Waals surface area contributed by atoms with Crippen LogP contribution >= 0.6 is 0 Å². The first kappa shape index (κ1) is 48.8. The van der Waals surface area contributed by atoms with Crippen molar-refractivity contribution < 1.29 is 43.8 Å². The van der Waals surface area contributed by atoms with Crippen molar-refractivity contribution in [3.8, 4) is 0 Å². The first-order valence-electron chi connectivity index (χ1n) is 17.7. The number of carboxylic acids is 1. The predicted octanol–water partition coefficient (Wildman–Crippen LogP) is -4.85. The lowest BCUT2D eigenvalue weighted by Crippen LogP contribution is -2.59. The molecule has 0 fully saturated rings. The number of nitrogens with zero attached hydrogens (tertiary/aromatic N) is 2. The topological polar surface area (TPSA) is 387 Å². The number of carbonyl (C=O) groups excluding carboxylic acids is 6. The van der Waals surface area contributed by atoms with Gasteiger partial charge in [-0.05, 0) is 57.3 Å². The van der Waals surface area contributed by atoms with E-state index in [1.54, 1.807) is 13.8 Å². The van der Waals surface area contributed by atoms with Crippen LogP contribution < -0.4 is 60.6 Å². The SMILES string of the molecule is CC(C)CC(NC(=O)C(CO)NC(=O)C(C)NC(=O)[C@H](CCCN=C(N)N)NC(=O)[C@H](CCCN=C(N)N)NC(=O)[C@@H](N)CC(C)C)C(=O)NCC(=O)O. The zero-order chi connectivity index (χ0) is 41.5. The fraction of sp³-hybridized carbons (Fsp3) is 0.719. The monoisotopic (exact) mass is 771 g/mol. The Balaban J connectivity index is 5.96. The summed E-state index contributed by atoms with van der Waals surface area (Å²) >= 11 is 0. The molecule has 0 bridgehead atoms. The van der Waals surface area contributed by atoms with Crippen molar-refractivity contribution in [1.82, 2.24) is 31.9 Å². The molecule has 18 N–H and O–H groups in total. The fourth-order valence-corrected chi connectivity index (χ4v) is 4.84. The van der Waals surface area contributed by atoms with Crippen LogP contribution in [-0.4, -0.2) is 126 Å². The van der Waals surface area contributed by atoms with E-state index in [4.69, 9.17) is 33.8 Å². The highest BCUT2D eigenvalue weighted by Gasteiger charge is 2.31. The van der Waals surface area contributed by atoms with Crippen molar-refractivity contribution in [3.63, 3.8) is 0 Å². The average molecular weight is 772 g/mol. The lowest BCUT2D eigenvalue weighted by Gasteiger charge is -2.26. The molecule has 0 aromatic carbocycles. The van der Waals surface area contributed by atoms with Crippen LogP contribution in [0.15, 0.2) is 9.98 Å². The van der Waals surface area contributed by atoms with Crippen LogP contribution in [0, 0.1) is 11.8 Å². The minimum absolute atomic E-state index is 0.00687. The van der Waals surface area contributed by atoms with Crippen molar-refractivity contribution in [2.45, 2.75) is 109 Å². The van der Waals surface area contributed by atoms with Crippen molar-refractivity contribution in [2.24, 2.45) is 50.5 Å². The second kappa shape index (κ2) is 25.7. The van der Waals surface area contributed by atoms with E-state index in [2.05, 4.69) is 41.9 Å². The van der Waals surface area contributed by atoms with Gasteiger partial charge in [-0.3, -0.25) is 43.5 Å². The summed E-state index contributed by atoms with van der Waals surface area (Å²) in [6.45, 7) is 7.28. The number of carboxylic acid groups (broad SMARTS) is 1. The highest BCUT2D eigenvalue weighted by atomic mass is 16.4. The van der Waals surface area contributed by atoms with Gasteiger partial charge in [0.2, 0.25) is 35.4 Å². The van der Waals surface area contributed by atoms with E-state index in [9.17, 15) is 38.7 Å². The molecule has 0 saturated heterocycles. The number of aliphatic imine (C=N–C) groups is 2. The summed E-state index contributed by atoms with van der Waals surface area (Å²) in [6.07, 6.45) is 1.03. The summed E-state index contributed by atoms with van der Waals surface area (Å²) in [7, 11) is 0. The maximum absolute atomic E-state index is 13.6. The summed E-state index contributed by atoms with van der Waals surface area (Å²) in [4.78, 5) is 97.1. The highest BCUT2D eigenvalue weighted by molar-refractivity contribution is 5.96. The Bertz CT molecular complexity index is 1320. The number of rotatable bonds is 26. The minimum atomic E-state index is -1.56. The Morgan fingerprint density at radius 1 is 0.574 bits per heavy atom. The van der Waals surface area contributed by atoms with Crippen molar-refractivity contribution >= 4 is 53.3 Å². The van der Waals surface area contributed by atoms with E-state index in [-0.39, 0.29) is 68.9 Å². The molecular formula is C32H61N13O9. The van der Waals surface area contributed by atoms with Gasteiger partial charge in [0.1, 0.15) is 36.8 Å². The standard InChI is InChI=1S/C32H61N13O9/c1-16(2)12-19(33)26(50)42-21(9-7-11-39-32(36)37)29(53)43-20(8-6-10-38-31(34)35)28(52)41-18(5)25(49)45-23(15-46)30(54)44-22(13-17(3)4)27(51)40-14-24(47)48/h16-23,46H,6-15,33H2,1-5H3,(H,40,51)(H,41,52)(H,42,50)(H,43,53)(H,44,54)(H,45,49)(H,47,48)(H4,34,35,38)(H4,36,37,39)/t18?,19-,20-,21-,22?,23?/m0/s1. The number of guanidine groups is 2. The smallest absolute Gasteiger partial charge is 0.322 e. The van der Waals surface area contributed by atoms with Gasteiger partial charge in [0.25, 0.3) is 0 Å². The number of aliphatic hydroxyl groups excluding tert-OH is 1. The van der Waals surface area contributed by atoms with Gasteiger partial charge in [-0.25, -0.2) is 0 Å². The van der Waals surface area contributed by atoms with Gasteiger partial charge < -0.3 is 70.8 Å². The quantitative estimate of drug-likeness (QED) is 0.0223. The number of nitrogens with one attached hydrogen (secondary N) is 6. The molecule has 0 aliphatic carbocycles. The van der Waals surface area contributed by atoms with Gasteiger partial charge in [0.15, 0.2) is 11.9 Å². The normalized spacial score (nSPS) is 14.2. The Hall–Kier alpha value is -5.25. The lowest BCUT2D eigenvalue weighted by molar-refractivity contribution is -0.138. The van der Waals surface area contributed by atoms with E-state index in [0.717, 1.165) is 0 Å². The summed E-state index contributed by atoms with van der Waals surface area (Å²) in [6, 6.07) is -7.36. The van der Waals surface area contributed by atoms with Crippen LogP contribution in [0.1, 0.15) is 73.1 Å². The molecule has 0 aliphatic rings. The van der Waals surface area contributed by atoms with Gasteiger partial charge >= 0.3 is 5.97 Å². The van der Waals surface area contributed by atoms with Crippen LogP contribution in [0.4, 0.5) is 0 Å². The zero-order valence-corrected chi connectivity index (χ0v) is 31.7. The van der Waals surface area contributed by atoms with E-state index in [1.807, 2.05) is 13.8 Å². The number of nitrogens with two attached hydrogens (primary N) is 5. The number of amides is 6.